The van der Waals surface area contributed by atoms with Crippen molar-refractivity contribution in [3.05, 3.63) is 71.8 Å². The quantitative estimate of drug-likeness (QED) is 0.819. The van der Waals surface area contributed by atoms with E-state index in [9.17, 15) is 10.2 Å². The summed E-state index contributed by atoms with van der Waals surface area (Å²) in [5.41, 5.74) is 2.33. The summed E-state index contributed by atoms with van der Waals surface area (Å²) in [4.78, 5) is 2.21. The minimum absolute atomic E-state index is 0.0731. The zero-order valence-corrected chi connectivity index (χ0v) is 13.8. The number of benzene rings is 2. The van der Waals surface area contributed by atoms with E-state index in [2.05, 4.69) is 17.0 Å². The minimum Gasteiger partial charge on any atom is -0.394 e. The molecule has 128 valence electrons. The Morgan fingerprint density at radius 3 is 2.25 bits per heavy atom. The highest BCUT2D eigenvalue weighted by atomic mass is 16.5. The standard InChI is InChI=1S/C20H25NO3/c22-14-18(23)20-19(24-15-17-9-5-2-6-10-17)11-12-21(20)13-16-7-3-1-4-8-16/h1-10,18-20,22-23H,11-15H2/t18-,19+,20-/m1/s1. The van der Waals surface area contributed by atoms with Gasteiger partial charge in [-0.3, -0.25) is 4.90 Å². The van der Waals surface area contributed by atoms with Crippen molar-refractivity contribution in [1.82, 2.24) is 4.90 Å². The molecule has 2 N–H and O–H groups in total. The molecule has 0 saturated carbocycles. The predicted molar refractivity (Wildman–Crippen MR) is 93.4 cm³/mol. The summed E-state index contributed by atoms with van der Waals surface area (Å²) in [5.74, 6) is 0. The van der Waals surface area contributed by atoms with E-state index in [0.29, 0.717) is 6.61 Å². The molecule has 0 aromatic heterocycles. The number of nitrogens with zero attached hydrogens (tertiary/aromatic N) is 1. The van der Waals surface area contributed by atoms with Crippen LogP contribution in [-0.4, -0.2) is 46.5 Å². The summed E-state index contributed by atoms with van der Waals surface area (Å²) in [6, 6.07) is 20.1. The van der Waals surface area contributed by atoms with Crippen LogP contribution >= 0.6 is 0 Å². The molecular weight excluding hydrogens is 302 g/mol. The fraction of sp³-hybridized carbons (Fsp3) is 0.400. The number of likely N-dealkylation sites (tertiary alicyclic amines) is 1. The van der Waals surface area contributed by atoms with Crippen molar-refractivity contribution < 1.29 is 14.9 Å². The molecule has 1 aliphatic heterocycles. The molecule has 3 atom stereocenters. The summed E-state index contributed by atoms with van der Waals surface area (Å²) in [7, 11) is 0. The van der Waals surface area contributed by atoms with Crippen LogP contribution in [0, 0.1) is 0 Å². The van der Waals surface area contributed by atoms with Crippen molar-refractivity contribution in [2.75, 3.05) is 13.2 Å². The first-order valence-corrected chi connectivity index (χ1v) is 8.50. The zero-order valence-electron chi connectivity index (χ0n) is 13.8. The Hall–Kier alpha value is -1.72. The van der Waals surface area contributed by atoms with Gasteiger partial charge in [0.1, 0.15) is 0 Å². The Morgan fingerprint density at radius 1 is 1.00 bits per heavy atom. The molecule has 4 heteroatoms. The van der Waals surface area contributed by atoms with E-state index in [0.717, 1.165) is 25.1 Å². The van der Waals surface area contributed by atoms with Crippen LogP contribution in [0.15, 0.2) is 60.7 Å². The van der Waals surface area contributed by atoms with Gasteiger partial charge in [-0.25, -0.2) is 0 Å². The number of aliphatic hydroxyl groups is 2. The third kappa shape index (κ3) is 4.22. The van der Waals surface area contributed by atoms with Gasteiger partial charge in [-0.2, -0.15) is 0 Å². The lowest BCUT2D eigenvalue weighted by molar-refractivity contribution is -0.0498. The van der Waals surface area contributed by atoms with Crippen molar-refractivity contribution in [1.29, 1.82) is 0 Å². The molecule has 0 amide bonds. The molecule has 24 heavy (non-hydrogen) atoms. The zero-order chi connectivity index (χ0) is 16.8. The lowest BCUT2D eigenvalue weighted by Crippen LogP contribution is -2.46. The van der Waals surface area contributed by atoms with Gasteiger partial charge < -0.3 is 14.9 Å². The first kappa shape index (κ1) is 17.1. The fourth-order valence-corrected chi connectivity index (χ4v) is 3.41. The third-order valence-corrected chi connectivity index (χ3v) is 4.62. The van der Waals surface area contributed by atoms with Crippen LogP contribution < -0.4 is 0 Å². The maximum Gasteiger partial charge on any atom is 0.0951 e. The topological polar surface area (TPSA) is 52.9 Å². The van der Waals surface area contributed by atoms with Crippen molar-refractivity contribution >= 4 is 0 Å². The molecule has 1 fully saturated rings. The van der Waals surface area contributed by atoms with Crippen LogP contribution in [-0.2, 0) is 17.9 Å². The Balaban J connectivity index is 1.65. The first-order valence-electron chi connectivity index (χ1n) is 8.50. The Kier molecular flexibility index (Phi) is 5.99. The fourth-order valence-electron chi connectivity index (χ4n) is 3.41. The van der Waals surface area contributed by atoms with Gasteiger partial charge in [0, 0.05) is 13.1 Å². The van der Waals surface area contributed by atoms with E-state index in [4.69, 9.17) is 4.74 Å². The van der Waals surface area contributed by atoms with E-state index in [-0.39, 0.29) is 18.8 Å². The first-order chi connectivity index (χ1) is 11.8. The molecule has 0 aliphatic carbocycles. The number of rotatable bonds is 7. The summed E-state index contributed by atoms with van der Waals surface area (Å²) in [6.45, 7) is 1.89. The Morgan fingerprint density at radius 2 is 1.62 bits per heavy atom. The van der Waals surface area contributed by atoms with Gasteiger partial charge in [-0.1, -0.05) is 60.7 Å². The summed E-state index contributed by atoms with van der Waals surface area (Å²) >= 11 is 0. The highest BCUT2D eigenvalue weighted by Gasteiger charge is 2.39. The van der Waals surface area contributed by atoms with E-state index in [1.807, 2.05) is 48.5 Å². The van der Waals surface area contributed by atoms with Crippen LogP contribution in [0.5, 0.6) is 0 Å². The van der Waals surface area contributed by atoms with Gasteiger partial charge in [0.15, 0.2) is 0 Å². The van der Waals surface area contributed by atoms with Gasteiger partial charge in [-0.15, -0.1) is 0 Å². The molecule has 2 aromatic carbocycles. The molecule has 3 rings (SSSR count). The van der Waals surface area contributed by atoms with E-state index in [1.165, 1.54) is 5.56 Å². The van der Waals surface area contributed by atoms with E-state index >= 15 is 0 Å². The van der Waals surface area contributed by atoms with Gasteiger partial charge in [0.2, 0.25) is 0 Å². The molecule has 0 unspecified atom stereocenters. The lowest BCUT2D eigenvalue weighted by atomic mass is 10.1. The van der Waals surface area contributed by atoms with Gasteiger partial charge in [0.05, 0.1) is 31.5 Å². The number of ether oxygens (including phenoxy) is 1. The second-order valence-corrected chi connectivity index (χ2v) is 6.32. The second kappa shape index (κ2) is 8.40. The minimum atomic E-state index is -0.794. The van der Waals surface area contributed by atoms with E-state index < -0.39 is 6.10 Å². The molecule has 1 heterocycles. The average Bonchev–Trinajstić information content (AvgIpc) is 3.03. The summed E-state index contributed by atoms with van der Waals surface area (Å²) < 4.78 is 6.08. The number of hydrogen-bond acceptors (Lipinski definition) is 4. The van der Waals surface area contributed by atoms with Gasteiger partial charge >= 0.3 is 0 Å². The average molecular weight is 327 g/mol. The van der Waals surface area contributed by atoms with Crippen LogP contribution in [0.3, 0.4) is 0 Å². The van der Waals surface area contributed by atoms with Gasteiger partial charge in [-0.05, 0) is 17.5 Å². The normalized spacial score (nSPS) is 22.6. The largest absolute Gasteiger partial charge is 0.394 e. The Bertz CT molecular complexity index is 605. The predicted octanol–water partition coefficient (Wildman–Crippen LogP) is 2.20. The van der Waals surface area contributed by atoms with Crippen molar-refractivity contribution in [2.24, 2.45) is 0 Å². The molecule has 1 aliphatic rings. The van der Waals surface area contributed by atoms with E-state index in [1.54, 1.807) is 0 Å². The maximum atomic E-state index is 10.3. The van der Waals surface area contributed by atoms with Crippen LogP contribution in [0.25, 0.3) is 0 Å². The molecular formula is C20H25NO3. The molecule has 0 radical (unpaired) electrons. The SMILES string of the molecule is OC[C@@H](O)[C@@H]1[C@@H](OCc2ccccc2)CCN1Cc1ccccc1. The molecule has 0 spiro atoms. The smallest absolute Gasteiger partial charge is 0.0951 e. The number of hydrogen-bond donors (Lipinski definition) is 2. The maximum absolute atomic E-state index is 10.3. The highest BCUT2D eigenvalue weighted by molar-refractivity contribution is 5.16. The van der Waals surface area contributed by atoms with Crippen LogP contribution in [0.1, 0.15) is 17.5 Å². The molecule has 4 nitrogen and oxygen atoms in total. The van der Waals surface area contributed by atoms with Crippen molar-refractivity contribution in [2.45, 2.75) is 37.8 Å². The summed E-state index contributed by atoms with van der Waals surface area (Å²) in [5, 5.41) is 19.8. The second-order valence-electron chi connectivity index (χ2n) is 6.32. The Labute approximate surface area is 143 Å². The monoisotopic (exact) mass is 327 g/mol. The third-order valence-electron chi connectivity index (χ3n) is 4.62. The van der Waals surface area contributed by atoms with Crippen LogP contribution in [0.2, 0.25) is 0 Å². The lowest BCUT2D eigenvalue weighted by Gasteiger charge is -2.31. The molecule has 0 bridgehead atoms. The highest BCUT2D eigenvalue weighted by Crippen LogP contribution is 2.26. The number of aliphatic hydroxyl groups excluding tert-OH is 2. The molecule has 2 aromatic rings. The van der Waals surface area contributed by atoms with Crippen molar-refractivity contribution in [3.63, 3.8) is 0 Å². The van der Waals surface area contributed by atoms with Crippen LogP contribution in [0.4, 0.5) is 0 Å². The van der Waals surface area contributed by atoms with Crippen molar-refractivity contribution in [3.8, 4) is 0 Å². The summed E-state index contributed by atoms with van der Waals surface area (Å²) in [6.07, 6.45) is -0.00505. The van der Waals surface area contributed by atoms with Gasteiger partial charge in [0.25, 0.3) is 0 Å². The molecule has 1 saturated heterocycles.